The molecule has 394 valence electrons. The number of nitrogens with zero attached hydrogens (tertiary/aromatic N) is 4. The summed E-state index contributed by atoms with van der Waals surface area (Å²) in [5, 5.41) is 20.5. The van der Waals surface area contributed by atoms with Gasteiger partial charge in [0.05, 0.1) is 42.4 Å². The molecule has 8 rings (SSSR count). The minimum Gasteiger partial charge on any atom is -0.505 e. The van der Waals surface area contributed by atoms with Crippen molar-refractivity contribution in [3.63, 3.8) is 0 Å². The van der Waals surface area contributed by atoms with Gasteiger partial charge in [-0.3, -0.25) is 18.7 Å². The van der Waals surface area contributed by atoms with Crippen LogP contribution in [0.25, 0.3) is 33.4 Å². The Bertz CT molecular complexity index is 3360. The fourth-order valence-electron chi connectivity index (χ4n) is 7.81. The van der Waals surface area contributed by atoms with Gasteiger partial charge in [0, 0.05) is 85.1 Å². The summed E-state index contributed by atoms with van der Waals surface area (Å²) in [6.45, 7) is 7.50. The normalized spacial score (nSPS) is 11.5. The molecule has 0 saturated carbocycles. The van der Waals surface area contributed by atoms with Crippen LogP contribution < -0.4 is 35.5 Å². The number of halogens is 8. The molecular formula is C53H50F8N8O6. The molecule has 5 N–H and O–H groups in total. The fourth-order valence-corrected chi connectivity index (χ4v) is 7.81. The Labute approximate surface area is 424 Å². The molecule has 22 heteroatoms. The van der Waals surface area contributed by atoms with Crippen molar-refractivity contribution in [3.05, 3.63) is 144 Å². The Morgan fingerprint density at radius 1 is 0.587 bits per heavy atom. The number of phenolic OH excluding ortho intramolecular Hbond substituents is 1. The number of anilines is 2. The van der Waals surface area contributed by atoms with Gasteiger partial charge < -0.3 is 40.6 Å². The van der Waals surface area contributed by atoms with Crippen molar-refractivity contribution in [2.75, 3.05) is 43.9 Å². The van der Waals surface area contributed by atoms with Crippen LogP contribution in [0.2, 0.25) is 0 Å². The number of nitrogens with one attached hydrogen (secondary N) is 4. The second-order valence-electron chi connectivity index (χ2n) is 16.8. The highest BCUT2D eigenvalue weighted by Gasteiger charge is 2.28. The van der Waals surface area contributed by atoms with Gasteiger partial charge in [-0.25, -0.2) is 18.7 Å². The number of imidazole rings is 2. The maximum Gasteiger partial charge on any atom is 0.390 e. The minimum atomic E-state index is -4.34. The van der Waals surface area contributed by atoms with Crippen molar-refractivity contribution in [1.29, 1.82) is 0 Å². The fraction of sp³-hybridized carbons (Fsp3) is 0.245. The van der Waals surface area contributed by atoms with Crippen LogP contribution in [-0.2, 0) is 0 Å². The van der Waals surface area contributed by atoms with Crippen LogP contribution in [0.15, 0.2) is 110 Å². The summed E-state index contributed by atoms with van der Waals surface area (Å²) in [7, 11) is 1.34. The lowest BCUT2D eigenvalue weighted by molar-refractivity contribution is -0.132. The van der Waals surface area contributed by atoms with E-state index in [0.717, 1.165) is 29.3 Å². The highest BCUT2D eigenvalue weighted by atomic mass is 19.4. The van der Waals surface area contributed by atoms with Gasteiger partial charge in [-0.1, -0.05) is 0 Å². The minimum absolute atomic E-state index is 0.0480. The van der Waals surface area contributed by atoms with Crippen LogP contribution in [0.5, 0.6) is 34.5 Å². The zero-order chi connectivity index (χ0) is 54.2. The van der Waals surface area contributed by atoms with Gasteiger partial charge in [-0.2, -0.15) is 26.3 Å². The predicted molar refractivity (Wildman–Crippen MR) is 267 cm³/mol. The third kappa shape index (κ3) is 13.5. The molecule has 14 nitrogen and oxygen atoms in total. The average molecular weight is 1050 g/mol. The Morgan fingerprint density at radius 3 is 1.41 bits per heavy atom. The molecule has 0 fully saturated rings. The summed E-state index contributed by atoms with van der Waals surface area (Å²) in [6.07, 6.45) is -7.70. The highest BCUT2D eigenvalue weighted by molar-refractivity contribution is 5.97. The van der Waals surface area contributed by atoms with Gasteiger partial charge in [0.15, 0.2) is 23.1 Å². The second kappa shape index (κ2) is 23.1. The molecular weight excluding hydrogens is 997 g/mol. The number of aryl methyl sites for hydroxylation is 2. The van der Waals surface area contributed by atoms with E-state index in [0.29, 0.717) is 69.0 Å². The van der Waals surface area contributed by atoms with Crippen molar-refractivity contribution in [2.45, 2.75) is 52.9 Å². The molecule has 0 aliphatic heterocycles. The third-order valence-electron chi connectivity index (χ3n) is 11.4. The Morgan fingerprint density at radius 2 is 1.03 bits per heavy atom. The number of phenols is 1. The number of benzene rings is 6. The summed E-state index contributed by atoms with van der Waals surface area (Å²) in [5.74, 6) is -1.65. The molecule has 0 aliphatic rings. The molecule has 2 heterocycles. The molecule has 75 heavy (non-hydrogen) atoms. The molecule has 8 aromatic rings. The number of aromatic nitrogens is 4. The number of fused-ring (bicyclic) bond motifs is 2. The maximum absolute atomic E-state index is 14.2. The number of methoxy groups -OCH3 is 1. The van der Waals surface area contributed by atoms with E-state index in [4.69, 9.17) is 14.2 Å². The van der Waals surface area contributed by atoms with Crippen LogP contribution in [0, 0.1) is 25.5 Å². The summed E-state index contributed by atoms with van der Waals surface area (Å²) in [6, 6.07) is 24.3. The maximum atomic E-state index is 14.2. The first-order valence-electron chi connectivity index (χ1n) is 23.2. The van der Waals surface area contributed by atoms with E-state index in [1.807, 2.05) is 26.8 Å². The van der Waals surface area contributed by atoms with Gasteiger partial charge >= 0.3 is 12.4 Å². The first kappa shape index (κ1) is 54.2. The quantitative estimate of drug-likeness (QED) is 0.0554. The summed E-state index contributed by atoms with van der Waals surface area (Å²) in [4.78, 5) is 33.4. The van der Waals surface area contributed by atoms with Crippen molar-refractivity contribution < 1.29 is 64.0 Å². The summed E-state index contributed by atoms with van der Waals surface area (Å²) >= 11 is 0. The molecule has 0 bridgehead atoms. The molecule has 2 aromatic heterocycles. The van der Waals surface area contributed by atoms with Crippen LogP contribution in [0.4, 0.5) is 46.5 Å². The Balaban J connectivity index is 0.000000219. The number of alkyl halides is 6. The monoisotopic (exact) mass is 1050 g/mol. The molecule has 0 radical (unpaired) electrons. The highest BCUT2D eigenvalue weighted by Crippen LogP contribution is 2.37. The third-order valence-corrected chi connectivity index (χ3v) is 11.4. The lowest BCUT2D eigenvalue weighted by Crippen LogP contribution is -2.23. The smallest absolute Gasteiger partial charge is 0.390 e. The first-order valence-corrected chi connectivity index (χ1v) is 23.2. The number of ether oxygens (including phenoxy) is 3. The van der Waals surface area contributed by atoms with E-state index in [1.165, 1.54) is 50.1 Å². The lowest BCUT2D eigenvalue weighted by atomic mass is 10.1. The van der Waals surface area contributed by atoms with Crippen molar-refractivity contribution in [1.82, 2.24) is 29.7 Å². The van der Waals surface area contributed by atoms with E-state index >= 15 is 0 Å². The molecule has 0 spiro atoms. The number of hydrogen-bond donors (Lipinski definition) is 5. The van der Waals surface area contributed by atoms with Crippen molar-refractivity contribution in [2.24, 2.45) is 0 Å². The standard InChI is InChI=1S/C27H26F4N4O3.C26H24F4N4O3/c1-4-32-26(36)20-7-5-17(11-16(20)2)35-15-34-25-22(33-10-9-27(29,30)31)13-19(14-23(25)35)38-18-6-8-24(37-3)21(28)12-18;1-3-31-25(36)19-6-4-16(10-15(19)2)34-14-33-24-21(32-9-8-26(28,29)30)12-18(13-22(24)34)37-17-5-7-23(35)20(27)11-17/h5-8,11-15,33H,4,9-10H2,1-3H3,(H,32,36);4-7,10-14,32,35H,3,8-9H2,1-2H3,(H,31,36). The van der Waals surface area contributed by atoms with E-state index in [2.05, 4.69) is 31.2 Å². The SMILES string of the molecule is CCNC(=O)c1ccc(-n2cnc3c(NCCC(F)(F)F)cc(Oc4ccc(O)c(F)c4)cc32)cc1C.CCNC(=O)c1ccc(-n2cnc3c(NCCC(F)(F)F)cc(Oc4ccc(OC)c(F)c4)cc32)cc1C. The zero-order valence-electron chi connectivity index (χ0n) is 40.9. The van der Waals surface area contributed by atoms with E-state index in [9.17, 15) is 49.8 Å². The van der Waals surface area contributed by atoms with Gasteiger partial charge in [0.25, 0.3) is 11.8 Å². The second-order valence-corrected chi connectivity index (χ2v) is 16.8. The van der Waals surface area contributed by atoms with Gasteiger partial charge in [0.2, 0.25) is 0 Å². The number of hydrogen-bond acceptors (Lipinski definition) is 10. The molecule has 0 unspecified atom stereocenters. The Hall–Kier alpha value is -8.56. The molecule has 6 aromatic carbocycles. The van der Waals surface area contributed by atoms with Crippen LogP contribution in [0.3, 0.4) is 0 Å². The number of aromatic hydroxyl groups is 1. The number of carbonyl (C=O) groups excluding carboxylic acids is 2. The Kier molecular flexibility index (Phi) is 16.7. The van der Waals surface area contributed by atoms with Gasteiger partial charge in [0.1, 0.15) is 46.7 Å². The van der Waals surface area contributed by atoms with E-state index in [-0.39, 0.29) is 53.7 Å². The first-order chi connectivity index (χ1) is 35.6. The van der Waals surface area contributed by atoms with Crippen LogP contribution in [-0.4, -0.2) is 81.7 Å². The average Bonchev–Trinajstić information content (AvgIpc) is 3.97. The van der Waals surface area contributed by atoms with E-state index < -0.39 is 42.6 Å². The van der Waals surface area contributed by atoms with E-state index in [1.54, 1.807) is 58.5 Å². The number of rotatable bonds is 17. The lowest BCUT2D eigenvalue weighted by Gasteiger charge is -2.14. The molecule has 0 saturated heterocycles. The van der Waals surface area contributed by atoms with Crippen molar-refractivity contribution >= 4 is 45.3 Å². The summed E-state index contributed by atoms with van der Waals surface area (Å²) in [5.41, 5.74) is 6.35. The molecule has 0 aliphatic carbocycles. The zero-order valence-corrected chi connectivity index (χ0v) is 40.9. The predicted octanol–water partition coefficient (Wildman–Crippen LogP) is 12.5. The molecule has 0 atom stereocenters. The summed E-state index contributed by atoms with van der Waals surface area (Å²) < 4.78 is 125. The van der Waals surface area contributed by atoms with Gasteiger partial charge in [-0.05, 0) is 99.5 Å². The van der Waals surface area contributed by atoms with Crippen molar-refractivity contribution in [3.8, 4) is 45.9 Å². The van der Waals surface area contributed by atoms with Crippen LogP contribution >= 0.6 is 0 Å². The molecule has 2 amide bonds. The largest absolute Gasteiger partial charge is 0.505 e. The number of carbonyl (C=O) groups is 2. The number of amides is 2. The van der Waals surface area contributed by atoms with Crippen LogP contribution in [0.1, 0.15) is 58.5 Å². The van der Waals surface area contributed by atoms with Gasteiger partial charge in [-0.15, -0.1) is 0 Å². The topological polar surface area (TPSA) is 166 Å².